The fourth-order valence-corrected chi connectivity index (χ4v) is 3.34. The van der Waals surface area contributed by atoms with E-state index in [0.29, 0.717) is 24.7 Å². The highest BCUT2D eigenvalue weighted by atomic mass is 32.1. The number of hydrogen-bond acceptors (Lipinski definition) is 6. The van der Waals surface area contributed by atoms with Crippen LogP contribution in [0.5, 0.6) is 0 Å². The lowest BCUT2D eigenvalue weighted by Gasteiger charge is -2.21. The molecule has 3 aromatic heterocycles. The molecule has 0 aliphatic heterocycles. The third-order valence-electron chi connectivity index (χ3n) is 4.06. The number of anilines is 1. The lowest BCUT2D eigenvalue weighted by molar-refractivity contribution is -0.118. The highest BCUT2D eigenvalue weighted by molar-refractivity contribution is 7.08. The van der Waals surface area contributed by atoms with Gasteiger partial charge in [-0.2, -0.15) is 16.3 Å². The Kier molecular flexibility index (Phi) is 5.11. The largest absolute Gasteiger partial charge is 0.467 e. The van der Waals surface area contributed by atoms with Gasteiger partial charge in [-0.25, -0.2) is 0 Å². The van der Waals surface area contributed by atoms with E-state index >= 15 is 0 Å². The molecule has 0 radical (unpaired) electrons. The van der Waals surface area contributed by atoms with E-state index < -0.39 is 0 Å². The average molecular weight is 379 g/mol. The van der Waals surface area contributed by atoms with Crippen molar-refractivity contribution >= 4 is 22.9 Å². The number of amides is 1. The van der Waals surface area contributed by atoms with Gasteiger partial charge in [-0.1, -0.05) is 23.4 Å². The molecular formula is C20H17N3O3S. The van der Waals surface area contributed by atoms with E-state index in [1.165, 1.54) is 0 Å². The zero-order valence-corrected chi connectivity index (χ0v) is 15.3. The fourth-order valence-electron chi connectivity index (χ4n) is 2.70. The van der Waals surface area contributed by atoms with Crippen LogP contribution in [-0.2, 0) is 17.8 Å². The number of para-hydroxylation sites is 1. The van der Waals surface area contributed by atoms with Crippen LogP contribution in [0.1, 0.15) is 18.1 Å². The number of carbonyl (C=O) groups is 1. The van der Waals surface area contributed by atoms with Crippen molar-refractivity contribution in [2.45, 2.75) is 19.4 Å². The molecule has 0 bridgehead atoms. The minimum Gasteiger partial charge on any atom is -0.467 e. The van der Waals surface area contributed by atoms with Gasteiger partial charge in [0.1, 0.15) is 5.76 Å². The molecule has 1 amide bonds. The van der Waals surface area contributed by atoms with Gasteiger partial charge >= 0.3 is 0 Å². The fraction of sp³-hybridized carbons (Fsp3) is 0.150. The number of rotatable bonds is 7. The zero-order chi connectivity index (χ0) is 18.5. The van der Waals surface area contributed by atoms with Crippen LogP contribution >= 0.6 is 11.3 Å². The molecule has 0 aliphatic rings. The number of nitrogens with zero attached hydrogens (tertiary/aromatic N) is 3. The minimum absolute atomic E-state index is 0.0344. The molecule has 27 heavy (non-hydrogen) atoms. The van der Waals surface area contributed by atoms with E-state index in [9.17, 15) is 4.79 Å². The van der Waals surface area contributed by atoms with E-state index in [4.69, 9.17) is 8.94 Å². The van der Waals surface area contributed by atoms with Gasteiger partial charge in [0, 0.05) is 29.5 Å². The van der Waals surface area contributed by atoms with Crippen molar-refractivity contribution in [3.8, 4) is 11.4 Å². The van der Waals surface area contributed by atoms with Crippen LogP contribution in [0.25, 0.3) is 11.4 Å². The first kappa shape index (κ1) is 17.2. The topological polar surface area (TPSA) is 72.4 Å². The Morgan fingerprint density at radius 1 is 1.11 bits per heavy atom. The molecule has 0 spiro atoms. The third-order valence-corrected chi connectivity index (χ3v) is 4.75. The molecule has 0 aliphatic carbocycles. The van der Waals surface area contributed by atoms with E-state index in [2.05, 4.69) is 10.1 Å². The number of thiophene rings is 1. The van der Waals surface area contributed by atoms with Crippen molar-refractivity contribution in [1.29, 1.82) is 0 Å². The van der Waals surface area contributed by atoms with Crippen LogP contribution in [0, 0.1) is 0 Å². The monoisotopic (exact) mass is 379 g/mol. The first-order valence-electron chi connectivity index (χ1n) is 8.52. The Morgan fingerprint density at radius 3 is 2.74 bits per heavy atom. The molecule has 6 nitrogen and oxygen atoms in total. The van der Waals surface area contributed by atoms with Crippen LogP contribution in [0.15, 0.2) is 74.5 Å². The van der Waals surface area contributed by atoms with Gasteiger partial charge in [0.15, 0.2) is 0 Å². The summed E-state index contributed by atoms with van der Waals surface area (Å²) in [5, 5.41) is 7.90. The van der Waals surface area contributed by atoms with E-state index in [-0.39, 0.29) is 12.3 Å². The smallest absolute Gasteiger partial charge is 0.227 e. The summed E-state index contributed by atoms with van der Waals surface area (Å²) in [6.45, 7) is 0.375. The lowest BCUT2D eigenvalue weighted by atomic mass is 10.2. The highest BCUT2D eigenvalue weighted by Gasteiger charge is 2.19. The van der Waals surface area contributed by atoms with Gasteiger partial charge < -0.3 is 13.8 Å². The average Bonchev–Trinajstić information content (AvgIpc) is 3.47. The van der Waals surface area contributed by atoms with Crippen molar-refractivity contribution in [3.63, 3.8) is 0 Å². The summed E-state index contributed by atoms with van der Waals surface area (Å²) in [6, 6.07) is 15.1. The summed E-state index contributed by atoms with van der Waals surface area (Å²) >= 11 is 1.57. The highest BCUT2D eigenvalue weighted by Crippen LogP contribution is 2.21. The summed E-state index contributed by atoms with van der Waals surface area (Å²) in [4.78, 5) is 19.0. The van der Waals surface area contributed by atoms with Gasteiger partial charge in [-0.3, -0.25) is 4.79 Å². The quantitative estimate of drug-likeness (QED) is 0.471. The third kappa shape index (κ3) is 4.15. The number of carbonyl (C=O) groups excluding carboxylic acids is 1. The minimum atomic E-state index is -0.0344. The maximum atomic E-state index is 12.9. The second kappa shape index (κ2) is 8.01. The van der Waals surface area contributed by atoms with Crippen LogP contribution < -0.4 is 4.90 Å². The van der Waals surface area contributed by atoms with Gasteiger partial charge in [-0.05, 0) is 35.7 Å². The molecule has 3 heterocycles. The van der Waals surface area contributed by atoms with Crippen LogP contribution in [0.2, 0.25) is 0 Å². The van der Waals surface area contributed by atoms with Gasteiger partial charge in [0.25, 0.3) is 0 Å². The summed E-state index contributed by atoms with van der Waals surface area (Å²) in [7, 11) is 0. The van der Waals surface area contributed by atoms with E-state index in [1.54, 1.807) is 22.5 Å². The van der Waals surface area contributed by atoms with Crippen molar-refractivity contribution < 1.29 is 13.7 Å². The molecule has 0 fully saturated rings. The SMILES string of the molecule is O=C(CCc1nc(-c2ccsc2)no1)N(Cc1ccco1)c1ccccc1. The number of hydrogen-bond donors (Lipinski definition) is 0. The van der Waals surface area contributed by atoms with Crippen molar-refractivity contribution in [1.82, 2.24) is 10.1 Å². The molecule has 0 N–H and O–H groups in total. The zero-order valence-electron chi connectivity index (χ0n) is 14.4. The molecule has 1 aromatic carbocycles. The maximum absolute atomic E-state index is 12.9. The van der Waals surface area contributed by atoms with Crippen LogP contribution in [0.3, 0.4) is 0 Å². The second-order valence-electron chi connectivity index (χ2n) is 5.92. The molecule has 7 heteroatoms. The van der Waals surface area contributed by atoms with E-state index in [1.807, 2.05) is 59.3 Å². The molecule has 0 saturated carbocycles. The molecule has 4 rings (SSSR count). The van der Waals surface area contributed by atoms with Gasteiger partial charge in [0.2, 0.25) is 17.6 Å². The Hall–Kier alpha value is -3.19. The van der Waals surface area contributed by atoms with Crippen LogP contribution in [0.4, 0.5) is 5.69 Å². The van der Waals surface area contributed by atoms with Crippen LogP contribution in [-0.4, -0.2) is 16.0 Å². The normalized spacial score (nSPS) is 10.8. The maximum Gasteiger partial charge on any atom is 0.227 e. The summed E-state index contributed by atoms with van der Waals surface area (Å²) in [5.74, 6) is 1.70. The van der Waals surface area contributed by atoms with Crippen molar-refractivity contribution in [2.24, 2.45) is 0 Å². The number of aryl methyl sites for hydroxylation is 1. The molecule has 0 atom stereocenters. The second-order valence-corrected chi connectivity index (χ2v) is 6.70. The standard InChI is InChI=1S/C20H17N3O3S/c24-19(9-8-18-21-20(22-26-18)15-10-12-27-14-15)23(13-17-7-4-11-25-17)16-5-2-1-3-6-16/h1-7,10-12,14H,8-9,13H2. The Balaban J connectivity index is 1.45. The predicted octanol–water partition coefficient (Wildman–Crippen LogP) is 4.56. The lowest BCUT2D eigenvalue weighted by Crippen LogP contribution is -2.30. The summed E-state index contributed by atoms with van der Waals surface area (Å²) in [6.07, 6.45) is 2.26. The Labute approximate surface area is 160 Å². The first-order chi connectivity index (χ1) is 13.3. The molecular weight excluding hydrogens is 362 g/mol. The van der Waals surface area contributed by atoms with Gasteiger partial charge in [0.05, 0.1) is 12.8 Å². The summed E-state index contributed by atoms with van der Waals surface area (Å²) in [5.41, 5.74) is 1.74. The number of aromatic nitrogens is 2. The summed E-state index contributed by atoms with van der Waals surface area (Å²) < 4.78 is 10.7. The number of furan rings is 1. The number of benzene rings is 1. The van der Waals surface area contributed by atoms with Crippen molar-refractivity contribution in [3.05, 3.63) is 77.2 Å². The van der Waals surface area contributed by atoms with Gasteiger partial charge in [-0.15, -0.1) is 0 Å². The molecule has 4 aromatic rings. The Bertz CT molecular complexity index is 979. The Morgan fingerprint density at radius 2 is 2.00 bits per heavy atom. The first-order valence-corrected chi connectivity index (χ1v) is 9.47. The predicted molar refractivity (Wildman–Crippen MR) is 102 cm³/mol. The van der Waals surface area contributed by atoms with E-state index in [0.717, 1.165) is 17.0 Å². The molecule has 136 valence electrons. The molecule has 0 unspecified atom stereocenters. The molecule has 0 saturated heterocycles. The van der Waals surface area contributed by atoms with Crippen molar-refractivity contribution in [2.75, 3.05) is 4.90 Å².